The van der Waals surface area contributed by atoms with Gasteiger partial charge in [-0.05, 0) is 12.5 Å². The molecule has 0 aliphatic carbocycles. The highest BCUT2D eigenvalue weighted by Gasteiger charge is 2.09. The number of nitrogens with one attached hydrogen (secondary N) is 4. The summed E-state index contributed by atoms with van der Waals surface area (Å²) in [6, 6.07) is 9.10. The minimum atomic E-state index is -0.736. The van der Waals surface area contributed by atoms with E-state index in [1.54, 1.807) is 19.1 Å². The second-order valence-electron chi connectivity index (χ2n) is 4.92. The van der Waals surface area contributed by atoms with Crippen molar-refractivity contribution in [3.63, 3.8) is 0 Å². The van der Waals surface area contributed by atoms with Crippen molar-refractivity contribution >= 4 is 23.8 Å². The van der Waals surface area contributed by atoms with Gasteiger partial charge in [0.15, 0.2) is 0 Å². The van der Waals surface area contributed by atoms with Crippen molar-refractivity contribution in [2.24, 2.45) is 0 Å². The largest absolute Gasteiger partial charge is 0.445 e. The molecule has 0 saturated heterocycles. The van der Waals surface area contributed by atoms with Crippen molar-refractivity contribution in [3.8, 4) is 0 Å². The first-order valence-corrected chi connectivity index (χ1v) is 7.76. The van der Waals surface area contributed by atoms with E-state index in [2.05, 4.69) is 21.3 Å². The lowest BCUT2D eigenvalue weighted by atomic mass is 10.2. The Morgan fingerprint density at radius 2 is 1.32 bits per heavy atom. The van der Waals surface area contributed by atoms with Crippen LogP contribution in [-0.2, 0) is 25.7 Å². The van der Waals surface area contributed by atoms with Crippen molar-refractivity contribution < 1.29 is 23.9 Å². The van der Waals surface area contributed by atoms with Gasteiger partial charge in [-0.25, -0.2) is 4.79 Å². The summed E-state index contributed by atoms with van der Waals surface area (Å²) in [5, 5.41) is 9.46. The fourth-order valence-electron chi connectivity index (χ4n) is 1.67. The Morgan fingerprint density at radius 1 is 0.800 bits per heavy atom. The van der Waals surface area contributed by atoms with Gasteiger partial charge in [-0.2, -0.15) is 0 Å². The van der Waals surface area contributed by atoms with Crippen LogP contribution in [-0.4, -0.2) is 50.0 Å². The van der Waals surface area contributed by atoms with E-state index in [4.69, 9.17) is 4.74 Å². The standard InChI is InChI=1S/C16H22N4O5/c1-2-17-13(21)8-18-14(22)9-19-15(23)10-20-16(24)25-11-12-6-4-3-5-7-12/h3-7H,2,8-11H2,1H3,(H,17,21)(H,18,22)(H,19,23)(H,20,24). The monoisotopic (exact) mass is 350 g/mol. The molecule has 9 heteroatoms. The number of hydrogen-bond donors (Lipinski definition) is 4. The van der Waals surface area contributed by atoms with Crippen LogP contribution in [0.15, 0.2) is 30.3 Å². The third kappa shape index (κ3) is 9.59. The number of rotatable bonds is 9. The van der Waals surface area contributed by atoms with Gasteiger partial charge in [-0.3, -0.25) is 14.4 Å². The van der Waals surface area contributed by atoms with E-state index in [-0.39, 0.29) is 32.1 Å². The molecule has 1 rings (SSSR count). The lowest BCUT2D eigenvalue weighted by Crippen LogP contribution is -2.44. The topological polar surface area (TPSA) is 126 Å². The number of alkyl carbamates (subject to hydrolysis) is 1. The molecular weight excluding hydrogens is 328 g/mol. The smallest absolute Gasteiger partial charge is 0.407 e. The van der Waals surface area contributed by atoms with Gasteiger partial charge in [0.05, 0.1) is 13.1 Å². The molecule has 9 nitrogen and oxygen atoms in total. The summed E-state index contributed by atoms with van der Waals surface area (Å²) in [4.78, 5) is 45.6. The third-order valence-electron chi connectivity index (χ3n) is 2.87. The molecule has 0 saturated carbocycles. The lowest BCUT2D eigenvalue weighted by molar-refractivity contribution is -0.127. The number of ether oxygens (including phenoxy) is 1. The van der Waals surface area contributed by atoms with Crippen LogP contribution in [0.5, 0.6) is 0 Å². The van der Waals surface area contributed by atoms with Gasteiger partial charge in [0.25, 0.3) is 0 Å². The van der Waals surface area contributed by atoms with Gasteiger partial charge in [-0.1, -0.05) is 30.3 Å². The summed E-state index contributed by atoms with van der Waals surface area (Å²) >= 11 is 0. The van der Waals surface area contributed by atoms with Crippen molar-refractivity contribution in [2.75, 3.05) is 26.2 Å². The molecule has 4 amide bonds. The predicted octanol–water partition coefficient (Wildman–Crippen LogP) is -0.719. The van der Waals surface area contributed by atoms with Crippen LogP contribution in [0.2, 0.25) is 0 Å². The van der Waals surface area contributed by atoms with Crippen molar-refractivity contribution in [3.05, 3.63) is 35.9 Å². The van der Waals surface area contributed by atoms with Gasteiger partial charge < -0.3 is 26.0 Å². The molecule has 25 heavy (non-hydrogen) atoms. The summed E-state index contributed by atoms with van der Waals surface area (Å²) in [6.07, 6.45) is -0.736. The van der Waals surface area contributed by atoms with Gasteiger partial charge in [0.2, 0.25) is 17.7 Å². The zero-order valence-electron chi connectivity index (χ0n) is 14.0. The molecule has 0 aromatic heterocycles. The molecule has 0 heterocycles. The number of carbonyl (C=O) groups excluding carboxylic acids is 4. The zero-order chi connectivity index (χ0) is 18.5. The fraction of sp³-hybridized carbons (Fsp3) is 0.375. The Kier molecular flexibility index (Phi) is 9.13. The van der Waals surface area contributed by atoms with Crippen LogP contribution >= 0.6 is 0 Å². The van der Waals surface area contributed by atoms with E-state index in [9.17, 15) is 19.2 Å². The summed E-state index contributed by atoms with van der Waals surface area (Å²) in [6.45, 7) is 1.55. The van der Waals surface area contributed by atoms with Crippen molar-refractivity contribution in [2.45, 2.75) is 13.5 Å². The van der Waals surface area contributed by atoms with Crippen LogP contribution < -0.4 is 21.3 Å². The molecule has 0 atom stereocenters. The fourth-order valence-corrected chi connectivity index (χ4v) is 1.67. The maximum atomic E-state index is 11.5. The van der Waals surface area contributed by atoms with E-state index in [0.29, 0.717) is 6.54 Å². The molecule has 1 aromatic rings. The molecule has 136 valence electrons. The SMILES string of the molecule is CCNC(=O)CNC(=O)CNC(=O)CNC(=O)OCc1ccccc1. The Morgan fingerprint density at radius 3 is 1.88 bits per heavy atom. The van der Waals surface area contributed by atoms with Gasteiger partial charge >= 0.3 is 6.09 Å². The molecular formula is C16H22N4O5. The van der Waals surface area contributed by atoms with Crippen LogP contribution in [0.3, 0.4) is 0 Å². The van der Waals surface area contributed by atoms with E-state index in [0.717, 1.165) is 5.56 Å². The molecule has 0 radical (unpaired) electrons. The summed E-state index contributed by atoms with van der Waals surface area (Å²) in [7, 11) is 0. The number of hydrogen-bond acceptors (Lipinski definition) is 5. The molecule has 0 bridgehead atoms. The molecule has 0 spiro atoms. The Labute approximate surface area is 145 Å². The van der Waals surface area contributed by atoms with Gasteiger partial charge in [0, 0.05) is 6.54 Å². The van der Waals surface area contributed by atoms with Gasteiger partial charge in [-0.15, -0.1) is 0 Å². The summed E-state index contributed by atoms with van der Waals surface area (Å²) in [5.41, 5.74) is 0.825. The molecule has 1 aromatic carbocycles. The highest BCUT2D eigenvalue weighted by molar-refractivity contribution is 5.89. The zero-order valence-corrected chi connectivity index (χ0v) is 14.0. The Bertz CT molecular complexity index is 591. The number of likely N-dealkylation sites (N-methyl/N-ethyl adjacent to an activating group) is 1. The minimum absolute atomic E-state index is 0.0938. The molecule has 0 aliphatic rings. The van der Waals surface area contributed by atoms with Gasteiger partial charge in [0.1, 0.15) is 13.2 Å². The highest BCUT2D eigenvalue weighted by atomic mass is 16.5. The van der Waals surface area contributed by atoms with Crippen LogP contribution in [0.25, 0.3) is 0 Å². The normalized spacial score (nSPS) is 9.64. The molecule has 0 aliphatic heterocycles. The van der Waals surface area contributed by atoms with E-state index in [1.807, 2.05) is 18.2 Å². The van der Waals surface area contributed by atoms with E-state index in [1.165, 1.54) is 0 Å². The highest BCUT2D eigenvalue weighted by Crippen LogP contribution is 2.00. The molecule has 0 fully saturated rings. The average molecular weight is 350 g/mol. The summed E-state index contributed by atoms with van der Waals surface area (Å²) < 4.78 is 4.94. The first-order chi connectivity index (χ1) is 12.0. The molecule has 4 N–H and O–H groups in total. The van der Waals surface area contributed by atoms with Crippen LogP contribution in [0.1, 0.15) is 12.5 Å². The second kappa shape index (κ2) is 11.4. The van der Waals surface area contributed by atoms with Crippen molar-refractivity contribution in [1.29, 1.82) is 0 Å². The Balaban J connectivity index is 2.12. The van der Waals surface area contributed by atoms with Crippen LogP contribution in [0, 0.1) is 0 Å². The molecule has 0 unspecified atom stereocenters. The lowest BCUT2D eigenvalue weighted by Gasteiger charge is -2.08. The average Bonchev–Trinajstić information content (AvgIpc) is 2.62. The van der Waals surface area contributed by atoms with E-state index >= 15 is 0 Å². The van der Waals surface area contributed by atoms with Crippen LogP contribution in [0.4, 0.5) is 4.79 Å². The number of amides is 4. The summed E-state index contributed by atoms with van der Waals surface area (Å²) in [5.74, 6) is -1.37. The minimum Gasteiger partial charge on any atom is -0.445 e. The quantitative estimate of drug-likeness (QED) is 0.468. The number of carbonyl (C=O) groups is 4. The Hall–Kier alpha value is -3.10. The maximum absolute atomic E-state index is 11.5. The second-order valence-corrected chi connectivity index (χ2v) is 4.92. The predicted molar refractivity (Wildman–Crippen MR) is 89.3 cm³/mol. The maximum Gasteiger partial charge on any atom is 0.407 e. The van der Waals surface area contributed by atoms with Crippen molar-refractivity contribution in [1.82, 2.24) is 21.3 Å². The first kappa shape index (κ1) is 19.9. The third-order valence-corrected chi connectivity index (χ3v) is 2.87. The number of benzene rings is 1. The van der Waals surface area contributed by atoms with E-state index < -0.39 is 17.9 Å². The first-order valence-electron chi connectivity index (χ1n) is 7.76.